The average Bonchev–Trinajstić information content (AvgIpc) is 2.47. The number of carbonyl (C=O) groups is 1. The second kappa shape index (κ2) is 3.87. The zero-order valence-electron chi connectivity index (χ0n) is 7.28. The molecule has 1 aliphatic rings. The van der Waals surface area contributed by atoms with Crippen molar-refractivity contribution in [2.75, 3.05) is 11.4 Å². The minimum Gasteiger partial charge on any atom is -0.295 e. The minimum atomic E-state index is -0.0899. The fourth-order valence-corrected chi connectivity index (χ4v) is 1.92. The standard InChI is InChI=1S/C9H8BrClN2O/c10-6-1-2-8(12-4-6)13-5-7(11)3-9(13)14/h1-2,4,7H,3,5H2. The van der Waals surface area contributed by atoms with Gasteiger partial charge in [-0.2, -0.15) is 0 Å². The molecule has 1 saturated heterocycles. The monoisotopic (exact) mass is 274 g/mol. The normalized spacial score (nSPS) is 21.7. The molecule has 1 amide bonds. The third kappa shape index (κ3) is 1.91. The van der Waals surface area contributed by atoms with Crippen LogP contribution in [0.25, 0.3) is 0 Å². The summed E-state index contributed by atoms with van der Waals surface area (Å²) < 4.78 is 0.898. The molecule has 1 aromatic heterocycles. The lowest BCUT2D eigenvalue weighted by molar-refractivity contribution is -0.117. The number of nitrogens with zero attached hydrogens (tertiary/aromatic N) is 2. The van der Waals surface area contributed by atoms with E-state index in [1.165, 1.54) is 0 Å². The first-order valence-electron chi connectivity index (χ1n) is 4.23. The van der Waals surface area contributed by atoms with Crippen molar-refractivity contribution in [3.63, 3.8) is 0 Å². The van der Waals surface area contributed by atoms with Gasteiger partial charge in [-0.3, -0.25) is 9.69 Å². The molecule has 0 radical (unpaired) electrons. The molecule has 3 nitrogen and oxygen atoms in total. The van der Waals surface area contributed by atoms with E-state index >= 15 is 0 Å². The number of alkyl halides is 1. The van der Waals surface area contributed by atoms with E-state index in [4.69, 9.17) is 11.6 Å². The van der Waals surface area contributed by atoms with Gasteiger partial charge in [0.05, 0.1) is 5.38 Å². The molecule has 0 saturated carbocycles. The first-order chi connectivity index (χ1) is 6.66. The van der Waals surface area contributed by atoms with Gasteiger partial charge in [-0.15, -0.1) is 11.6 Å². The van der Waals surface area contributed by atoms with Crippen LogP contribution in [0.5, 0.6) is 0 Å². The Morgan fingerprint density at radius 3 is 2.86 bits per heavy atom. The fraction of sp³-hybridized carbons (Fsp3) is 0.333. The van der Waals surface area contributed by atoms with Crippen LogP contribution in [0.15, 0.2) is 22.8 Å². The first kappa shape index (κ1) is 9.93. The summed E-state index contributed by atoms with van der Waals surface area (Å²) in [5.41, 5.74) is 0. The predicted molar refractivity (Wildman–Crippen MR) is 58.5 cm³/mol. The second-order valence-corrected chi connectivity index (χ2v) is 4.67. The number of carbonyl (C=O) groups excluding carboxylic acids is 1. The zero-order valence-corrected chi connectivity index (χ0v) is 9.62. The van der Waals surface area contributed by atoms with Crippen molar-refractivity contribution in [3.8, 4) is 0 Å². The van der Waals surface area contributed by atoms with Crippen molar-refractivity contribution >= 4 is 39.3 Å². The molecule has 0 spiro atoms. The maximum atomic E-state index is 11.5. The van der Waals surface area contributed by atoms with Crippen molar-refractivity contribution in [3.05, 3.63) is 22.8 Å². The molecule has 5 heteroatoms. The van der Waals surface area contributed by atoms with Gasteiger partial charge in [-0.1, -0.05) is 0 Å². The summed E-state index contributed by atoms with van der Waals surface area (Å²) in [4.78, 5) is 17.2. The molecule has 1 aliphatic heterocycles. The topological polar surface area (TPSA) is 33.2 Å². The van der Waals surface area contributed by atoms with Crippen LogP contribution in [0.4, 0.5) is 5.82 Å². The number of halogens is 2. The van der Waals surface area contributed by atoms with Crippen LogP contribution < -0.4 is 4.90 Å². The van der Waals surface area contributed by atoms with Crippen LogP contribution in [0, 0.1) is 0 Å². The predicted octanol–water partition coefficient (Wildman–Crippen LogP) is 2.19. The maximum Gasteiger partial charge on any atom is 0.229 e. The summed E-state index contributed by atoms with van der Waals surface area (Å²) in [6.07, 6.45) is 2.07. The molecule has 1 aromatic rings. The Bertz CT molecular complexity index is 354. The molecule has 14 heavy (non-hydrogen) atoms. The number of pyridine rings is 1. The molecule has 2 rings (SSSR count). The molecule has 1 atom stereocenters. The SMILES string of the molecule is O=C1CC(Cl)CN1c1ccc(Br)cn1. The summed E-state index contributed by atoms with van der Waals surface area (Å²) in [6.45, 7) is 0.551. The lowest BCUT2D eigenvalue weighted by atomic mass is 10.4. The Kier molecular flexibility index (Phi) is 2.74. The summed E-state index contributed by atoms with van der Waals surface area (Å²) in [6, 6.07) is 3.66. The Labute approximate surface area is 95.2 Å². The maximum absolute atomic E-state index is 11.5. The van der Waals surface area contributed by atoms with Crippen molar-refractivity contribution < 1.29 is 4.79 Å². The van der Waals surface area contributed by atoms with Gasteiger partial charge < -0.3 is 0 Å². The lowest BCUT2D eigenvalue weighted by Crippen LogP contribution is -2.25. The van der Waals surface area contributed by atoms with Gasteiger partial charge in [0.1, 0.15) is 5.82 Å². The van der Waals surface area contributed by atoms with Crippen LogP contribution >= 0.6 is 27.5 Å². The molecule has 1 fully saturated rings. The van der Waals surface area contributed by atoms with Gasteiger partial charge in [0, 0.05) is 23.6 Å². The van der Waals surface area contributed by atoms with Gasteiger partial charge in [-0.05, 0) is 28.1 Å². The summed E-state index contributed by atoms with van der Waals surface area (Å²) >= 11 is 9.17. The Balaban J connectivity index is 2.23. The second-order valence-electron chi connectivity index (χ2n) is 3.14. The van der Waals surface area contributed by atoms with E-state index in [0.717, 1.165) is 4.47 Å². The van der Waals surface area contributed by atoms with E-state index in [-0.39, 0.29) is 11.3 Å². The molecule has 1 unspecified atom stereocenters. The van der Waals surface area contributed by atoms with Gasteiger partial charge in [0.25, 0.3) is 0 Å². The number of rotatable bonds is 1. The summed E-state index contributed by atoms with van der Waals surface area (Å²) in [5.74, 6) is 0.709. The van der Waals surface area contributed by atoms with Crippen LogP contribution in [0.2, 0.25) is 0 Å². The van der Waals surface area contributed by atoms with Gasteiger partial charge in [0.2, 0.25) is 5.91 Å². The molecule has 0 aliphatic carbocycles. The quantitative estimate of drug-likeness (QED) is 0.736. The minimum absolute atomic E-state index is 0.0415. The zero-order chi connectivity index (χ0) is 10.1. The van der Waals surface area contributed by atoms with E-state index in [1.54, 1.807) is 17.2 Å². The third-order valence-electron chi connectivity index (χ3n) is 2.07. The van der Waals surface area contributed by atoms with E-state index in [1.807, 2.05) is 6.07 Å². The largest absolute Gasteiger partial charge is 0.295 e. The smallest absolute Gasteiger partial charge is 0.229 e. The molecule has 0 bridgehead atoms. The van der Waals surface area contributed by atoms with E-state index in [9.17, 15) is 4.79 Å². The van der Waals surface area contributed by atoms with Crippen molar-refractivity contribution in [1.29, 1.82) is 0 Å². The lowest BCUT2D eigenvalue weighted by Gasteiger charge is -2.13. The van der Waals surface area contributed by atoms with Crippen LogP contribution in [-0.2, 0) is 4.79 Å². The first-order valence-corrected chi connectivity index (χ1v) is 5.46. The van der Waals surface area contributed by atoms with E-state index in [2.05, 4.69) is 20.9 Å². The van der Waals surface area contributed by atoms with Crippen LogP contribution in [0.3, 0.4) is 0 Å². The molecule has 0 N–H and O–H groups in total. The Morgan fingerprint density at radius 1 is 1.57 bits per heavy atom. The van der Waals surface area contributed by atoms with Gasteiger partial charge in [0.15, 0.2) is 0 Å². The van der Waals surface area contributed by atoms with Crippen molar-refractivity contribution in [2.45, 2.75) is 11.8 Å². The average molecular weight is 276 g/mol. The molecular formula is C9H8BrClN2O. The fourth-order valence-electron chi connectivity index (χ4n) is 1.41. The number of aromatic nitrogens is 1. The molecular weight excluding hydrogens is 267 g/mol. The number of hydrogen-bond donors (Lipinski definition) is 0. The van der Waals surface area contributed by atoms with Gasteiger partial charge in [-0.25, -0.2) is 4.98 Å². The van der Waals surface area contributed by atoms with E-state index < -0.39 is 0 Å². The highest BCUT2D eigenvalue weighted by molar-refractivity contribution is 9.10. The van der Waals surface area contributed by atoms with Crippen LogP contribution in [0.1, 0.15) is 6.42 Å². The molecule has 74 valence electrons. The third-order valence-corrected chi connectivity index (χ3v) is 2.83. The summed E-state index contributed by atoms with van der Waals surface area (Å²) in [7, 11) is 0. The summed E-state index contributed by atoms with van der Waals surface area (Å²) in [5, 5.41) is -0.0899. The Morgan fingerprint density at radius 2 is 2.36 bits per heavy atom. The number of hydrogen-bond acceptors (Lipinski definition) is 2. The highest BCUT2D eigenvalue weighted by atomic mass is 79.9. The van der Waals surface area contributed by atoms with Crippen molar-refractivity contribution in [2.24, 2.45) is 0 Å². The molecule has 0 aromatic carbocycles. The Hall–Kier alpha value is -0.610. The highest BCUT2D eigenvalue weighted by Gasteiger charge is 2.29. The van der Waals surface area contributed by atoms with Crippen molar-refractivity contribution in [1.82, 2.24) is 4.98 Å². The molecule has 2 heterocycles. The van der Waals surface area contributed by atoms with E-state index in [0.29, 0.717) is 18.8 Å². The highest BCUT2D eigenvalue weighted by Crippen LogP contribution is 2.23. The number of amides is 1. The number of anilines is 1. The van der Waals surface area contributed by atoms with Crippen LogP contribution in [-0.4, -0.2) is 22.8 Å². The van der Waals surface area contributed by atoms with Gasteiger partial charge >= 0.3 is 0 Å².